The molecule has 0 amide bonds. The fraction of sp³-hybridized carbons (Fsp3) is 0.0714. The Hall–Kier alpha value is -2.01. The van der Waals surface area contributed by atoms with Crippen molar-refractivity contribution in [2.75, 3.05) is 5.73 Å². The fourth-order valence-electron chi connectivity index (χ4n) is 1.67. The van der Waals surface area contributed by atoms with Crippen LogP contribution in [0.4, 0.5) is 10.1 Å². The lowest BCUT2D eigenvalue weighted by molar-refractivity contribution is 0.0697. The molecule has 0 spiro atoms. The monoisotopic (exact) mass is 277 g/mol. The Morgan fingerprint density at radius 1 is 1.26 bits per heavy atom. The fourth-order valence-corrected chi connectivity index (χ4v) is 2.67. The topological polar surface area (TPSA) is 63.3 Å². The number of nitrogen functional groups attached to an aromatic ring is 1. The molecular formula is C14H12FNO2S. The Kier molecular flexibility index (Phi) is 3.76. The maximum absolute atomic E-state index is 13.1. The van der Waals surface area contributed by atoms with Crippen LogP contribution in [-0.2, 0) is 0 Å². The molecule has 2 rings (SSSR count). The van der Waals surface area contributed by atoms with Crippen LogP contribution in [0, 0.1) is 12.7 Å². The lowest BCUT2D eigenvalue weighted by Gasteiger charge is -2.09. The molecule has 0 aromatic heterocycles. The smallest absolute Gasteiger partial charge is 0.337 e. The van der Waals surface area contributed by atoms with E-state index in [-0.39, 0.29) is 17.1 Å². The molecule has 3 N–H and O–H groups in total. The first kappa shape index (κ1) is 13.4. The summed E-state index contributed by atoms with van der Waals surface area (Å²) in [4.78, 5) is 12.5. The summed E-state index contributed by atoms with van der Waals surface area (Å²) >= 11 is 1.30. The summed E-state index contributed by atoms with van der Waals surface area (Å²) in [6.45, 7) is 1.75. The molecule has 0 bridgehead atoms. The van der Waals surface area contributed by atoms with Crippen LogP contribution < -0.4 is 5.73 Å². The van der Waals surface area contributed by atoms with Gasteiger partial charge in [-0.25, -0.2) is 9.18 Å². The second kappa shape index (κ2) is 5.32. The summed E-state index contributed by atoms with van der Waals surface area (Å²) < 4.78 is 13.1. The van der Waals surface area contributed by atoms with Crippen molar-refractivity contribution in [1.82, 2.24) is 0 Å². The Labute approximate surface area is 114 Å². The third kappa shape index (κ3) is 3.06. The molecule has 5 heteroatoms. The van der Waals surface area contributed by atoms with Crippen LogP contribution >= 0.6 is 11.8 Å². The van der Waals surface area contributed by atoms with Gasteiger partial charge in [-0.15, -0.1) is 0 Å². The molecule has 0 fully saturated rings. The maximum Gasteiger partial charge on any atom is 0.337 e. The molecule has 2 aromatic rings. The summed E-state index contributed by atoms with van der Waals surface area (Å²) in [6.07, 6.45) is 0. The molecule has 0 saturated carbocycles. The van der Waals surface area contributed by atoms with Crippen LogP contribution in [0.25, 0.3) is 0 Å². The van der Waals surface area contributed by atoms with Crippen molar-refractivity contribution in [2.45, 2.75) is 16.7 Å². The molecule has 0 unspecified atom stereocenters. The van der Waals surface area contributed by atoms with Crippen LogP contribution in [0.5, 0.6) is 0 Å². The van der Waals surface area contributed by atoms with E-state index in [1.165, 1.54) is 30.0 Å². The number of carboxylic acids is 1. The zero-order valence-electron chi connectivity index (χ0n) is 10.2. The van der Waals surface area contributed by atoms with Gasteiger partial charge in [0, 0.05) is 15.5 Å². The zero-order chi connectivity index (χ0) is 14.0. The predicted molar refractivity (Wildman–Crippen MR) is 73.1 cm³/mol. The number of halogens is 1. The highest BCUT2D eigenvalue weighted by Gasteiger charge is 2.12. The normalized spacial score (nSPS) is 10.4. The van der Waals surface area contributed by atoms with Gasteiger partial charge in [0.15, 0.2) is 0 Å². The van der Waals surface area contributed by atoms with Gasteiger partial charge in [-0.2, -0.15) is 0 Å². The Bertz CT molecular complexity index is 643. The van der Waals surface area contributed by atoms with Gasteiger partial charge >= 0.3 is 5.97 Å². The number of anilines is 1. The number of hydrogen-bond donors (Lipinski definition) is 2. The van der Waals surface area contributed by atoms with E-state index in [1.54, 1.807) is 25.1 Å². The molecule has 98 valence electrons. The van der Waals surface area contributed by atoms with Gasteiger partial charge in [0.2, 0.25) is 0 Å². The molecule has 2 aromatic carbocycles. The first-order valence-electron chi connectivity index (χ1n) is 5.54. The van der Waals surface area contributed by atoms with E-state index in [4.69, 9.17) is 10.8 Å². The molecule has 0 aliphatic rings. The second-order valence-electron chi connectivity index (χ2n) is 4.07. The van der Waals surface area contributed by atoms with Crippen molar-refractivity contribution in [1.29, 1.82) is 0 Å². The third-order valence-corrected chi connectivity index (χ3v) is 3.58. The summed E-state index contributed by atoms with van der Waals surface area (Å²) in [5.74, 6) is -1.39. The van der Waals surface area contributed by atoms with Crippen LogP contribution in [0.3, 0.4) is 0 Å². The van der Waals surface area contributed by atoms with E-state index in [0.717, 1.165) is 4.90 Å². The Morgan fingerprint density at radius 3 is 2.63 bits per heavy atom. The number of rotatable bonds is 3. The number of carboxylic acid groups (broad SMARTS) is 1. The van der Waals surface area contributed by atoms with Gasteiger partial charge in [-0.1, -0.05) is 17.8 Å². The van der Waals surface area contributed by atoms with Gasteiger partial charge < -0.3 is 10.8 Å². The van der Waals surface area contributed by atoms with E-state index in [0.29, 0.717) is 10.5 Å². The minimum Gasteiger partial charge on any atom is -0.478 e. The van der Waals surface area contributed by atoms with Gasteiger partial charge in [0.25, 0.3) is 0 Å². The molecule has 3 nitrogen and oxygen atoms in total. The maximum atomic E-state index is 13.1. The van der Waals surface area contributed by atoms with Crippen molar-refractivity contribution < 1.29 is 14.3 Å². The first-order valence-corrected chi connectivity index (χ1v) is 6.36. The number of hydrogen-bond acceptors (Lipinski definition) is 3. The van der Waals surface area contributed by atoms with Crippen molar-refractivity contribution in [3.8, 4) is 0 Å². The summed E-state index contributed by atoms with van der Waals surface area (Å²) in [5, 5.41) is 9.08. The summed E-state index contributed by atoms with van der Waals surface area (Å²) in [7, 11) is 0. The van der Waals surface area contributed by atoms with Crippen LogP contribution in [0.1, 0.15) is 15.9 Å². The first-order chi connectivity index (χ1) is 8.97. The SMILES string of the molecule is Cc1cc(Sc2cccc(F)c2)cc(C(=O)O)c1N. The van der Waals surface area contributed by atoms with Crippen molar-refractivity contribution in [3.63, 3.8) is 0 Å². The lowest BCUT2D eigenvalue weighted by Crippen LogP contribution is -2.04. The molecule has 0 heterocycles. The summed E-state index contributed by atoms with van der Waals surface area (Å²) in [6, 6.07) is 9.43. The minimum atomic E-state index is -1.07. The van der Waals surface area contributed by atoms with E-state index < -0.39 is 5.97 Å². The standard InChI is InChI=1S/C14H12FNO2S/c1-8-5-11(7-12(13(8)16)14(17)18)19-10-4-2-3-9(15)6-10/h2-7H,16H2,1H3,(H,17,18). The van der Waals surface area contributed by atoms with Crippen molar-refractivity contribution in [3.05, 3.63) is 53.3 Å². The Balaban J connectivity index is 2.38. The molecule has 0 saturated heterocycles. The molecule has 0 radical (unpaired) electrons. The Morgan fingerprint density at radius 2 is 2.00 bits per heavy atom. The van der Waals surface area contributed by atoms with E-state index >= 15 is 0 Å². The average Bonchev–Trinajstić information content (AvgIpc) is 2.33. The van der Waals surface area contributed by atoms with E-state index in [2.05, 4.69) is 0 Å². The molecule has 0 atom stereocenters. The quantitative estimate of drug-likeness (QED) is 0.842. The highest BCUT2D eigenvalue weighted by atomic mass is 32.2. The van der Waals surface area contributed by atoms with Crippen LogP contribution in [0.15, 0.2) is 46.2 Å². The van der Waals surface area contributed by atoms with Gasteiger partial charge in [0.05, 0.1) is 5.56 Å². The van der Waals surface area contributed by atoms with Gasteiger partial charge in [-0.3, -0.25) is 0 Å². The lowest BCUT2D eigenvalue weighted by atomic mass is 10.1. The number of carbonyl (C=O) groups is 1. The molecule has 0 aliphatic carbocycles. The number of aromatic carboxylic acids is 1. The van der Waals surface area contributed by atoms with Crippen LogP contribution in [-0.4, -0.2) is 11.1 Å². The van der Waals surface area contributed by atoms with Crippen molar-refractivity contribution in [2.24, 2.45) is 0 Å². The average molecular weight is 277 g/mol. The zero-order valence-corrected chi connectivity index (χ0v) is 11.0. The van der Waals surface area contributed by atoms with Crippen LogP contribution in [0.2, 0.25) is 0 Å². The van der Waals surface area contributed by atoms with Crippen molar-refractivity contribution >= 4 is 23.4 Å². The highest BCUT2D eigenvalue weighted by molar-refractivity contribution is 7.99. The van der Waals surface area contributed by atoms with E-state index in [9.17, 15) is 9.18 Å². The van der Waals surface area contributed by atoms with Gasteiger partial charge in [0.1, 0.15) is 5.82 Å². The number of benzene rings is 2. The third-order valence-electron chi connectivity index (χ3n) is 2.62. The molecule has 0 aliphatic heterocycles. The largest absolute Gasteiger partial charge is 0.478 e. The van der Waals surface area contributed by atoms with Gasteiger partial charge in [-0.05, 0) is 42.8 Å². The number of aryl methyl sites for hydroxylation is 1. The highest BCUT2D eigenvalue weighted by Crippen LogP contribution is 2.32. The molecular weight excluding hydrogens is 265 g/mol. The minimum absolute atomic E-state index is 0.0684. The summed E-state index contributed by atoms with van der Waals surface area (Å²) in [5.41, 5.74) is 6.74. The second-order valence-corrected chi connectivity index (χ2v) is 5.21. The van der Waals surface area contributed by atoms with E-state index in [1.807, 2.05) is 0 Å². The molecule has 19 heavy (non-hydrogen) atoms. The number of nitrogens with two attached hydrogens (primary N) is 1. The predicted octanol–water partition coefficient (Wildman–Crippen LogP) is 3.57.